The summed E-state index contributed by atoms with van der Waals surface area (Å²) in [5.41, 5.74) is 2.61. The third-order valence-electron chi connectivity index (χ3n) is 3.73. The quantitative estimate of drug-likeness (QED) is 0.551. The van der Waals surface area contributed by atoms with Crippen molar-refractivity contribution in [3.63, 3.8) is 0 Å². The highest BCUT2D eigenvalue weighted by Crippen LogP contribution is 2.15. The van der Waals surface area contributed by atoms with Crippen LogP contribution in [0.15, 0.2) is 49.0 Å². The summed E-state index contributed by atoms with van der Waals surface area (Å²) in [6.07, 6.45) is 7.64. The number of nitro benzene ring substituents is 1. The van der Waals surface area contributed by atoms with E-state index in [4.69, 9.17) is 0 Å². The summed E-state index contributed by atoms with van der Waals surface area (Å²) >= 11 is 0. The lowest BCUT2D eigenvalue weighted by atomic mass is 10.0. The van der Waals surface area contributed by atoms with Crippen LogP contribution >= 0.6 is 0 Å². The number of rotatable bonds is 3. The van der Waals surface area contributed by atoms with E-state index in [0.29, 0.717) is 5.69 Å². The molecular weight excluding hydrogens is 319 g/mol. The zero-order chi connectivity index (χ0) is 18.7. The number of hydrogen-bond acceptors (Lipinski definition) is 3. The molecule has 3 rings (SSSR count). The molecule has 2 aromatic carbocycles. The number of benzene rings is 2. The predicted molar refractivity (Wildman–Crippen MR) is 102 cm³/mol. The number of non-ortho nitro benzene ring substituents is 1. The van der Waals surface area contributed by atoms with E-state index < -0.39 is 4.92 Å². The maximum Gasteiger partial charge on any atom is 0.269 e. The van der Waals surface area contributed by atoms with Crippen molar-refractivity contribution in [3.8, 4) is 0 Å². The van der Waals surface area contributed by atoms with Crippen LogP contribution in [0.2, 0.25) is 0 Å². The Bertz CT molecular complexity index is 677. The molecule has 0 heterocycles. The average molecular weight is 344 g/mol. The highest BCUT2D eigenvalue weighted by Gasteiger charge is 2.01. The fraction of sp³-hybridized carbons (Fsp3) is 0.300. The summed E-state index contributed by atoms with van der Waals surface area (Å²) in [7, 11) is 1.71. The largest absolute Gasteiger partial charge is 0.386 e. The van der Waals surface area contributed by atoms with Gasteiger partial charge in [-0.15, -0.1) is 0 Å². The molecule has 0 atom stereocenters. The SMILES string of the molecule is C1CCC1.C=Cc1ccc([N+](=O)[O-])cc1.CNc1cc(C)ccc1F. The monoisotopic (exact) mass is 344 g/mol. The molecule has 25 heavy (non-hydrogen) atoms. The Morgan fingerprint density at radius 1 is 1.12 bits per heavy atom. The van der Waals surface area contributed by atoms with E-state index >= 15 is 0 Å². The lowest BCUT2D eigenvalue weighted by Gasteiger charge is -2.05. The lowest BCUT2D eigenvalue weighted by Crippen LogP contribution is -1.91. The van der Waals surface area contributed by atoms with Gasteiger partial charge in [0.25, 0.3) is 5.69 Å². The summed E-state index contributed by atoms with van der Waals surface area (Å²) in [6, 6.07) is 11.2. The van der Waals surface area contributed by atoms with Crippen LogP contribution in [0.3, 0.4) is 0 Å². The van der Waals surface area contributed by atoms with Gasteiger partial charge in [0.15, 0.2) is 0 Å². The summed E-state index contributed by atoms with van der Waals surface area (Å²) in [4.78, 5) is 9.76. The van der Waals surface area contributed by atoms with E-state index in [1.165, 1.54) is 43.9 Å². The minimum absolute atomic E-state index is 0.107. The third-order valence-corrected chi connectivity index (χ3v) is 3.73. The van der Waals surface area contributed by atoms with Gasteiger partial charge in [-0.25, -0.2) is 4.39 Å². The molecular formula is C20H25FN2O2. The first kappa shape index (κ1) is 20.4. The summed E-state index contributed by atoms with van der Waals surface area (Å²) in [5.74, 6) is -0.201. The topological polar surface area (TPSA) is 55.2 Å². The fourth-order valence-corrected chi connectivity index (χ4v) is 1.81. The number of nitro groups is 1. The van der Waals surface area contributed by atoms with Crippen LogP contribution in [-0.4, -0.2) is 12.0 Å². The number of nitrogens with zero attached hydrogens (tertiary/aromatic N) is 1. The molecule has 134 valence electrons. The van der Waals surface area contributed by atoms with Gasteiger partial charge in [-0.1, -0.05) is 44.4 Å². The molecule has 0 aromatic heterocycles. The van der Waals surface area contributed by atoms with Crippen LogP contribution in [0.1, 0.15) is 36.8 Å². The first-order chi connectivity index (χ1) is 12.0. The number of anilines is 1. The van der Waals surface area contributed by atoms with Crippen LogP contribution in [0.4, 0.5) is 15.8 Å². The normalized spacial score (nSPS) is 11.6. The second-order valence-corrected chi connectivity index (χ2v) is 5.70. The first-order valence-electron chi connectivity index (χ1n) is 8.28. The summed E-state index contributed by atoms with van der Waals surface area (Å²) in [6.45, 7) is 5.47. The van der Waals surface area contributed by atoms with Gasteiger partial charge >= 0.3 is 0 Å². The zero-order valence-electron chi connectivity index (χ0n) is 14.8. The molecule has 1 saturated carbocycles. The van der Waals surface area contributed by atoms with Gasteiger partial charge in [0.05, 0.1) is 10.6 Å². The molecule has 1 fully saturated rings. The fourth-order valence-electron chi connectivity index (χ4n) is 1.81. The van der Waals surface area contributed by atoms with Crippen molar-refractivity contribution in [1.29, 1.82) is 0 Å². The Kier molecular flexibility index (Phi) is 8.93. The molecule has 1 N–H and O–H groups in total. The first-order valence-corrected chi connectivity index (χ1v) is 8.28. The van der Waals surface area contributed by atoms with Crippen LogP contribution in [0.25, 0.3) is 6.08 Å². The third kappa shape index (κ3) is 7.61. The maximum atomic E-state index is 12.7. The Labute approximate surface area is 148 Å². The second-order valence-electron chi connectivity index (χ2n) is 5.70. The molecule has 0 radical (unpaired) electrons. The molecule has 0 spiro atoms. The minimum atomic E-state index is -0.424. The number of aryl methyl sites for hydroxylation is 1. The van der Waals surface area contributed by atoms with E-state index in [-0.39, 0.29) is 11.5 Å². The van der Waals surface area contributed by atoms with Crippen LogP contribution in [0.5, 0.6) is 0 Å². The van der Waals surface area contributed by atoms with Crippen molar-refractivity contribution >= 4 is 17.5 Å². The Morgan fingerprint density at radius 3 is 2.04 bits per heavy atom. The van der Waals surface area contributed by atoms with E-state index in [0.717, 1.165) is 11.1 Å². The summed E-state index contributed by atoms with van der Waals surface area (Å²) < 4.78 is 12.7. The van der Waals surface area contributed by atoms with Crippen molar-refractivity contribution in [3.05, 3.63) is 76.1 Å². The number of halogens is 1. The minimum Gasteiger partial charge on any atom is -0.386 e. The van der Waals surface area contributed by atoms with Gasteiger partial charge < -0.3 is 5.32 Å². The van der Waals surface area contributed by atoms with Gasteiger partial charge in [-0.3, -0.25) is 10.1 Å². The smallest absolute Gasteiger partial charge is 0.269 e. The van der Waals surface area contributed by atoms with E-state index in [2.05, 4.69) is 11.9 Å². The maximum absolute atomic E-state index is 12.7. The molecule has 2 aromatic rings. The molecule has 0 amide bonds. The van der Waals surface area contributed by atoms with Crippen molar-refractivity contribution in [2.24, 2.45) is 0 Å². The highest BCUT2D eigenvalue weighted by atomic mass is 19.1. The molecule has 5 heteroatoms. The Hall–Kier alpha value is -2.69. The van der Waals surface area contributed by atoms with Gasteiger partial charge in [0.2, 0.25) is 0 Å². The molecule has 1 aliphatic rings. The second kappa shape index (κ2) is 11.0. The molecule has 0 unspecified atom stereocenters. The van der Waals surface area contributed by atoms with Gasteiger partial charge in [0, 0.05) is 19.2 Å². The molecule has 1 aliphatic carbocycles. The molecule has 4 nitrogen and oxygen atoms in total. The van der Waals surface area contributed by atoms with Gasteiger partial charge in [-0.2, -0.15) is 0 Å². The lowest BCUT2D eigenvalue weighted by molar-refractivity contribution is -0.384. The Morgan fingerprint density at radius 2 is 1.68 bits per heavy atom. The van der Waals surface area contributed by atoms with Crippen molar-refractivity contribution < 1.29 is 9.31 Å². The van der Waals surface area contributed by atoms with Crippen LogP contribution in [0, 0.1) is 22.9 Å². The van der Waals surface area contributed by atoms with E-state index in [9.17, 15) is 14.5 Å². The molecule has 0 bridgehead atoms. The molecule has 0 saturated heterocycles. The van der Waals surface area contributed by atoms with Crippen molar-refractivity contribution in [2.75, 3.05) is 12.4 Å². The van der Waals surface area contributed by atoms with Crippen LogP contribution in [-0.2, 0) is 0 Å². The number of hydrogen-bond donors (Lipinski definition) is 1. The highest BCUT2D eigenvalue weighted by molar-refractivity contribution is 5.49. The van der Waals surface area contributed by atoms with Gasteiger partial charge in [-0.05, 0) is 42.3 Å². The van der Waals surface area contributed by atoms with E-state index in [1.54, 1.807) is 37.4 Å². The van der Waals surface area contributed by atoms with Crippen LogP contribution < -0.4 is 5.32 Å². The average Bonchev–Trinajstić information content (AvgIpc) is 2.56. The zero-order valence-corrected chi connectivity index (χ0v) is 14.8. The van der Waals surface area contributed by atoms with Crippen molar-refractivity contribution in [2.45, 2.75) is 32.6 Å². The van der Waals surface area contributed by atoms with Gasteiger partial charge in [0.1, 0.15) is 5.82 Å². The van der Waals surface area contributed by atoms with Crippen molar-refractivity contribution in [1.82, 2.24) is 0 Å². The molecule has 0 aliphatic heterocycles. The number of nitrogens with one attached hydrogen (secondary N) is 1. The predicted octanol–water partition coefficient (Wildman–Crippen LogP) is 5.97. The van der Waals surface area contributed by atoms with E-state index in [1.807, 2.05) is 6.92 Å². The summed E-state index contributed by atoms with van der Waals surface area (Å²) in [5, 5.41) is 12.9. The standard InChI is InChI=1S/C8H10FN.C8H7NO2.C4H8/c1-6-3-4-7(9)8(5-6)10-2;1-2-7-3-5-8(6-4-7)9(10)11;1-2-4-3-1/h3-5,10H,1-2H3;2-6H,1H2;1-4H2. The Balaban J connectivity index is 0.000000205.